The second kappa shape index (κ2) is 9.89. The predicted molar refractivity (Wildman–Crippen MR) is 94.8 cm³/mol. The molecule has 2 aromatic carbocycles. The number of nitrogens with zero attached hydrogens (tertiary/aromatic N) is 1. The highest BCUT2D eigenvalue weighted by molar-refractivity contribution is 5.76. The summed E-state index contributed by atoms with van der Waals surface area (Å²) in [7, 11) is 0. The van der Waals surface area contributed by atoms with Crippen LogP contribution in [0, 0.1) is 11.6 Å². The fourth-order valence-electron chi connectivity index (χ4n) is 2.67. The van der Waals surface area contributed by atoms with Crippen molar-refractivity contribution in [1.29, 1.82) is 0 Å². The standard InChI is InChI=1S/C20H24F2N2O/c21-18-11-10-16(14-19(18)22)8-4-9-20(25)24(13-5-12-23)15-17-6-2-1-3-7-17/h1-3,6-7,10-11,14H,4-5,8-9,12-13,15,23H2. The first-order valence-electron chi connectivity index (χ1n) is 8.56. The first kappa shape index (κ1) is 19.1. The summed E-state index contributed by atoms with van der Waals surface area (Å²) in [6, 6.07) is 13.7. The topological polar surface area (TPSA) is 46.3 Å². The Kier molecular flexibility index (Phi) is 7.54. The van der Waals surface area contributed by atoms with Crippen molar-refractivity contribution in [3.8, 4) is 0 Å². The molecule has 0 radical (unpaired) electrons. The molecular weight excluding hydrogens is 322 g/mol. The summed E-state index contributed by atoms with van der Waals surface area (Å²) in [5.74, 6) is -1.65. The number of aryl methyl sites for hydroxylation is 1. The highest BCUT2D eigenvalue weighted by Gasteiger charge is 2.13. The Hall–Kier alpha value is -2.27. The van der Waals surface area contributed by atoms with Gasteiger partial charge in [-0.15, -0.1) is 0 Å². The van der Waals surface area contributed by atoms with Gasteiger partial charge < -0.3 is 10.6 Å². The Morgan fingerprint density at radius 1 is 0.960 bits per heavy atom. The van der Waals surface area contributed by atoms with Gasteiger partial charge in [-0.2, -0.15) is 0 Å². The molecule has 0 heterocycles. The Bertz CT molecular complexity index is 677. The number of halogens is 2. The van der Waals surface area contributed by atoms with Gasteiger partial charge in [0.2, 0.25) is 5.91 Å². The molecule has 2 aromatic rings. The van der Waals surface area contributed by atoms with Crippen LogP contribution in [0.25, 0.3) is 0 Å². The third-order valence-corrected chi connectivity index (χ3v) is 4.04. The minimum absolute atomic E-state index is 0.0555. The fourth-order valence-corrected chi connectivity index (χ4v) is 2.67. The largest absolute Gasteiger partial charge is 0.338 e. The van der Waals surface area contributed by atoms with Gasteiger partial charge in [0.15, 0.2) is 11.6 Å². The lowest BCUT2D eigenvalue weighted by Crippen LogP contribution is -2.32. The molecule has 1 amide bonds. The van der Waals surface area contributed by atoms with Crippen LogP contribution in [0.3, 0.4) is 0 Å². The van der Waals surface area contributed by atoms with Crippen molar-refractivity contribution >= 4 is 5.91 Å². The number of rotatable bonds is 9. The molecule has 3 nitrogen and oxygen atoms in total. The molecule has 0 unspecified atom stereocenters. The molecule has 0 fully saturated rings. The van der Waals surface area contributed by atoms with E-state index in [0.29, 0.717) is 44.5 Å². The van der Waals surface area contributed by atoms with Crippen LogP contribution >= 0.6 is 0 Å². The predicted octanol–water partition coefficient (Wildman–Crippen LogP) is 3.67. The van der Waals surface area contributed by atoms with Crippen LogP contribution in [-0.2, 0) is 17.8 Å². The van der Waals surface area contributed by atoms with Gasteiger partial charge in [-0.05, 0) is 49.1 Å². The van der Waals surface area contributed by atoms with E-state index in [4.69, 9.17) is 5.73 Å². The molecule has 0 bridgehead atoms. The summed E-state index contributed by atoms with van der Waals surface area (Å²) in [5, 5.41) is 0. The lowest BCUT2D eigenvalue weighted by molar-refractivity contribution is -0.132. The van der Waals surface area contributed by atoms with Gasteiger partial charge >= 0.3 is 0 Å². The highest BCUT2D eigenvalue weighted by atomic mass is 19.2. The zero-order chi connectivity index (χ0) is 18.1. The maximum Gasteiger partial charge on any atom is 0.222 e. The molecule has 0 saturated heterocycles. The Morgan fingerprint density at radius 2 is 1.72 bits per heavy atom. The summed E-state index contributed by atoms with van der Waals surface area (Å²) in [6.45, 7) is 1.72. The molecule has 25 heavy (non-hydrogen) atoms. The number of benzene rings is 2. The van der Waals surface area contributed by atoms with Crippen LogP contribution in [-0.4, -0.2) is 23.9 Å². The van der Waals surface area contributed by atoms with Gasteiger partial charge in [0.25, 0.3) is 0 Å². The number of carbonyl (C=O) groups is 1. The molecule has 0 atom stereocenters. The van der Waals surface area contributed by atoms with E-state index in [9.17, 15) is 13.6 Å². The van der Waals surface area contributed by atoms with E-state index >= 15 is 0 Å². The van der Waals surface area contributed by atoms with Gasteiger partial charge in [0.1, 0.15) is 0 Å². The molecule has 134 valence electrons. The zero-order valence-corrected chi connectivity index (χ0v) is 14.3. The Morgan fingerprint density at radius 3 is 2.40 bits per heavy atom. The summed E-state index contributed by atoms with van der Waals surface area (Å²) < 4.78 is 26.1. The van der Waals surface area contributed by atoms with Crippen molar-refractivity contribution in [3.05, 3.63) is 71.3 Å². The number of carbonyl (C=O) groups excluding carboxylic acids is 1. The van der Waals surface area contributed by atoms with Crippen LogP contribution in [0.15, 0.2) is 48.5 Å². The second-order valence-electron chi connectivity index (χ2n) is 6.05. The van der Waals surface area contributed by atoms with Crippen LogP contribution in [0.1, 0.15) is 30.4 Å². The average molecular weight is 346 g/mol. The lowest BCUT2D eigenvalue weighted by atomic mass is 10.1. The van der Waals surface area contributed by atoms with E-state index in [2.05, 4.69) is 0 Å². The molecule has 2 rings (SSSR count). The van der Waals surface area contributed by atoms with Crippen molar-refractivity contribution in [1.82, 2.24) is 4.90 Å². The van der Waals surface area contributed by atoms with Crippen molar-refractivity contribution in [2.24, 2.45) is 5.73 Å². The minimum Gasteiger partial charge on any atom is -0.338 e. The molecule has 0 aliphatic rings. The molecule has 0 aromatic heterocycles. The molecule has 0 spiro atoms. The Labute approximate surface area is 147 Å². The van der Waals surface area contributed by atoms with E-state index in [1.807, 2.05) is 35.2 Å². The maximum absolute atomic E-state index is 13.2. The Balaban J connectivity index is 1.88. The lowest BCUT2D eigenvalue weighted by Gasteiger charge is -2.23. The quantitative estimate of drug-likeness (QED) is 0.753. The molecule has 5 heteroatoms. The first-order valence-corrected chi connectivity index (χ1v) is 8.56. The van der Waals surface area contributed by atoms with E-state index in [0.717, 1.165) is 18.1 Å². The third kappa shape index (κ3) is 6.27. The SMILES string of the molecule is NCCCN(Cc1ccccc1)C(=O)CCCc1ccc(F)c(F)c1. The van der Waals surface area contributed by atoms with Gasteiger partial charge in [-0.3, -0.25) is 4.79 Å². The summed E-state index contributed by atoms with van der Waals surface area (Å²) in [6.07, 6.45) is 2.26. The first-order chi connectivity index (χ1) is 12.1. The van der Waals surface area contributed by atoms with Crippen molar-refractivity contribution in [3.63, 3.8) is 0 Å². The van der Waals surface area contributed by atoms with Crippen molar-refractivity contribution in [2.75, 3.05) is 13.1 Å². The van der Waals surface area contributed by atoms with Crippen LogP contribution in [0.2, 0.25) is 0 Å². The molecule has 0 aliphatic heterocycles. The fraction of sp³-hybridized carbons (Fsp3) is 0.350. The van der Waals surface area contributed by atoms with E-state index in [1.54, 1.807) is 6.07 Å². The molecule has 0 saturated carbocycles. The smallest absolute Gasteiger partial charge is 0.222 e. The van der Waals surface area contributed by atoms with Crippen LogP contribution in [0.5, 0.6) is 0 Å². The minimum atomic E-state index is -0.851. The molecule has 0 aliphatic carbocycles. The zero-order valence-electron chi connectivity index (χ0n) is 14.3. The number of nitrogens with two attached hydrogens (primary N) is 1. The summed E-state index contributed by atoms with van der Waals surface area (Å²) in [4.78, 5) is 14.3. The van der Waals surface area contributed by atoms with Crippen molar-refractivity contribution in [2.45, 2.75) is 32.2 Å². The summed E-state index contributed by atoms with van der Waals surface area (Å²) >= 11 is 0. The third-order valence-electron chi connectivity index (χ3n) is 4.04. The number of hydrogen-bond acceptors (Lipinski definition) is 2. The normalized spacial score (nSPS) is 10.7. The van der Waals surface area contributed by atoms with E-state index in [1.165, 1.54) is 6.07 Å². The summed E-state index contributed by atoms with van der Waals surface area (Å²) in [5.41, 5.74) is 7.34. The number of hydrogen-bond donors (Lipinski definition) is 1. The number of amides is 1. The van der Waals surface area contributed by atoms with Crippen LogP contribution in [0.4, 0.5) is 8.78 Å². The molecule has 2 N–H and O–H groups in total. The van der Waals surface area contributed by atoms with Gasteiger partial charge in [-0.1, -0.05) is 36.4 Å². The maximum atomic E-state index is 13.2. The van der Waals surface area contributed by atoms with Crippen molar-refractivity contribution < 1.29 is 13.6 Å². The monoisotopic (exact) mass is 346 g/mol. The molecular formula is C20H24F2N2O. The second-order valence-corrected chi connectivity index (χ2v) is 6.05. The van der Waals surface area contributed by atoms with Crippen LogP contribution < -0.4 is 5.73 Å². The average Bonchev–Trinajstić information content (AvgIpc) is 2.62. The van der Waals surface area contributed by atoms with Gasteiger partial charge in [-0.25, -0.2) is 8.78 Å². The highest BCUT2D eigenvalue weighted by Crippen LogP contribution is 2.13. The van der Waals surface area contributed by atoms with Gasteiger partial charge in [0.05, 0.1) is 0 Å². The van der Waals surface area contributed by atoms with Gasteiger partial charge in [0, 0.05) is 19.5 Å². The van der Waals surface area contributed by atoms with E-state index < -0.39 is 11.6 Å². The van der Waals surface area contributed by atoms with E-state index in [-0.39, 0.29) is 5.91 Å².